The van der Waals surface area contributed by atoms with Crippen LogP contribution in [0.1, 0.15) is 23.5 Å². The van der Waals surface area contributed by atoms with Gasteiger partial charge in [0.15, 0.2) is 5.78 Å². The van der Waals surface area contributed by atoms with E-state index in [1.54, 1.807) is 12.1 Å². The molecule has 1 atom stereocenters. The summed E-state index contributed by atoms with van der Waals surface area (Å²) in [4.78, 5) is 12.1. The Morgan fingerprint density at radius 1 is 1.57 bits per heavy atom. The second kappa shape index (κ2) is 5.05. The molecule has 0 saturated carbocycles. The maximum Gasteiger partial charge on any atom is 0.185 e. The number of hydrogen-bond acceptors (Lipinski definition) is 3. The standard InChI is InChI=1S/C9H11ClO2S2/c1-6(2)14(12)5-7(11)8-3-4-9(10)13-8/h3-4,6H,5H2,1-2H3. The van der Waals surface area contributed by atoms with Gasteiger partial charge in [-0.15, -0.1) is 11.3 Å². The monoisotopic (exact) mass is 250 g/mol. The molecule has 0 aliphatic rings. The number of rotatable bonds is 4. The number of carbonyl (C=O) groups excluding carboxylic acids is 1. The largest absolute Gasteiger partial charge is 0.292 e. The molecule has 14 heavy (non-hydrogen) atoms. The third-order valence-electron chi connectivity index (χ3n) is 1.65. The molecular weight excluding hydrogens is 240 g/mol. The third kappa shape index (κ3) is 3.19. The van der Waals surface area contributed by atoms with Crippen molar-refractivity contribution in [3.63, 3.8) is 0 Å². The molecule has 0 aliphatic heterocycles. The van der Waals surface area contributed by atoms with Crippen molar-refractivity contribution >= 4 is 39.5 Å². The number of hydrogen-bond donors (Lipinski definition) is 0. The number of thiophene rings is 1. The minimum atomic E-state index is -1.08. The van der Waals surface area contributed by atoms with Crippen LogP contribution in [0.15, 0.2) is 12.1 Å². The Bertz CT molecular complexity index is 357. The summed E-state index contributed by atoms with van der Waals surface area (Å²) in [5, 5.41) is 0.0226. The van der Waals surface area contributed by atoms with Crippen LogP contribution in [0.2, 0.25) is 4.34 Å². The van der Waals surface area contributed by atoms with E-state index >= 15 is 0 Å². The first kappa shape index (κ1) is 11.9. The Morgan fingerprint density at radius 3 is 2.64 bits per heavy atom. The summed E-state index contributed by atoms with van der Waals surface area (Å²) >= 11 is 6.92. The van der Waals surface area contributed by atoms with E-state index in [4.69, 9.17) is 11.6 Å². The molecule has 1 aromatic heterocycles. The highest BCUT2D eigenvalue weighted by atomic mass is 35.5. The molecule has 1 unspecified atom stereocenters. The fourth-order valence-corrected chi connectivity index (χ4v) is 2.65. The molecule has 1 heterocycles. The number of Topliss-reactive ketones (excluding diaryl/α,β-unsaturated/α-hetero) is 1. The van der Waals surface area contributed by atoms with Crippen molar-refractivity contribution in [2.24, 2.45) is 0 Å². The summed E-state index contributed by atoms with van der Waals surface area (Å²) in [5.74, 6) is 0.00282. The van der Waals surface area contributed by atoms with Gasteiger partial charge < -0.3 is 0 Å². The Balaban J connectivity index is 2.64. The molecule has 78 valence electrons. The van der Waals surface area contributed by atoms with Crippen LogP contribution >= 0.6 is 22.9 Å². The highest BCUT2D eigenvalue weighted by molar-refractivity contribution is 7.86. The molecule has 0 N–H and O–H groups in total. The Morgan fingerprint density at radius 2 is 2.21 bits per heavy atom. The summed E-state index contributed by atoms with van der Waals surface area (Å²) in [6, 6.07) is 3.35. The van der Waals surface area contributed by atoms with E-state index in [1.807, 2.05) is 13.8 Å². The predicted molar refractivity (Wildman–Crippen MR) is 61.8 cm³/mol. The molecule has 0 saturated heterocycles. The fourth-order valence-electron chi connectivity index (χ4n) is 0.831. The maximum absolute atomic E-state index is 11.5. The second-order valence-corrected chi connectivity index (χ2v) is 6.81. The molecule has 0 bridgehead atoms. The van der Waals surface area contributed by atoms with Gasteiger partial charge in [-0.2, -0.15) is 0 Å². The van der Waals surface area contributed by atoms with Gasteiger partial charge in [0, 0.05) is 16.0 Å². The van der Waals surface area contributed by atoms with Crippen LogP contribution in [-0.2, 0) is 10.8 Å². The van der Waals surface area contributed by atoms with E-state index in [2.05, 4.69) is 0 Å². The molecule has 1 rings (SSSR count). The van der Waals surface area contributed by atoms with Crippen molar-refractivity contribution in [1.29, 1.82) is 0 Å². The van der Waals surface area contributed by atoms with Crippen LogP contribution in [0, 0.1) is 0 Å². The summed E-state index contributed by atoms with van der Waals surface area (Å²) in [5.41, 5.74) is 0. The molecule has 2 nitrogen and oxygen atoms in total. The zero-order valence-electron chi connectivity index (χ0n) is 7.95. The van der Waals surface area contributed by atoms with E-state index in [1.165, 1.54) is 11.3 Å². The van der Waals surface area contributed by atoms with Gasteiger partial charge in [-0.25, -0.2) is 0 Å². The lowest BCUT2D eigenvalue weighted by atomic mass is 10.4. The minimum Gasteiger partial charge on any atom is -0.292 e. The quantitative estimate of drug-likeness (QED) is 0.770. The zero-order chi connectivity index (χ0) is 10.7. The van der Waals surface area contributed by atoms with E-state index in [0.717, 1.165) is 0 Å². The van der Waals surface area contributed by atoms with Gasteiger partial charge in [-0.1, -0.05) is 25.4 Å². The average molecular weight is 251 g/mol. The van der Waals surface area contributed by atoms with Gasteiger partial charge >= 0.3 is 0 Å². The van der Waals surface area contributed by atoms with Gasteiger partial charge in [0.1, 0.15) is 0 Å². The molecule has 1 aromatic rings. The predicted octanol–water partition coefficient (Wildman–Crippen LogP) is 2.74. The van der Waals surface area contributed by atoms with Crippen LogP contribution in [0.5, 0.6) is 0 Å². The first-order chi connectivity index (χ1) is 6.50. The maximum atomic E-state index is 11.5. The normalized spacial score (nSPS) is 13.1. The number of ketones is 1. The Labute approximate surface area is 94.7 Å². The molecule has 0 aliphatic carbocycles. The molecule has 0 radical (unpaired) electrons. The topological polar surface area (TPSA) is 34.1 Å². The van der Waals surface area contributed by atoms with Crippen LogP contribution in [0.4, 0.5) is 0 Å². The molecule has 5 heteroatoms. The van der Waals surface area contributed by atoms with E-state index < -0.39 is 10.8 Å². The lowest BCUT2D eigenvalue weighted by Gasteiger charge is -2.02. The number of halogens is 1. The van der Waals surface area contributed by atoms with E-state index in [0.29, 0.717) is 9.21 Å². The van der Waals surface area contributed by atoms with Gasteiger partial charge in [0.2, 0.25) is 0 Å². The summed E-state index contributed by atoms with van der Waals surface area (Å²) in [6.07, 6.45) is 0. The summed E-state index contributed by atoms with van der Waals surface area (Å²) in [7, 11) is -1.08. The lowest BCUT2D eigenvalue weighted by Crippen LogP contribution is -2.16. The van der Waals surface area contributed by atoms with Crippen molar-refractivity contribution in [2.45, 2.75) is 19.1 Å². The average Bonchev–Trinajstić information content (AvgIpc) is 2.51. The Kier molecular flexibility index (Phi) is 4.29. The van der Waals surface area contributed by atoms with Crippen molar-refractivity contribution in [1.82, 2.24) is 0 Å². The van der Waals surface area contributed by atoms with E-state index in [9.17, 15) is 9.00 Å². The van der Waals surface area contributed by atoms with E-state index in [-0.39, 0.29) is 16.8 Å². The van der Waals surface area contributed by atoms with Crippen LogP contribution in [0.3, 0.4) is 0 Å². The van der Waals surface area contributed by atoms with Gasteiger partial charge in [0.05, 0.1) is 15.0 Å². The molecule has 0 aromatic carbocycles. The summed E-state index contributed by atoms with van der Waals surface area (Å²) in [6.45, 7) is 3.68. The SMILES string of the molecule is CC(C)S(=O)CC(=O)c1ccc(Cl)s1. The smallest absolute Gasteiger partial charge is 0.185 e. The van der Waals surface area contributed by atoms with Crippen molar-refractivity contribution in [3.05, 3.63) is 21.3 Å². The van der Waals surface area contributed by atoms with Crippen LogP contribution in [-0.4, -0.2) is 21.0 Å². The van der Waals surface area contributed by atoms with Crippen LogP contribution in [0.25, 0.3) is 0 Å². The highest BCUT2D eigenvalue weighted by Crippen LogP contribution is 2.22. The molecule has 0 amide bonds. The van der Waals surface area contributed by atoms with Crippen molar-refractivity contribution in [3.8, 4) is 0 Å². The van der Waals surface area contributed by atoms with Crippen molar-refractivity contribution < 1.29 is 9.00 Å². The van der Waals surface area contributed by atoms with Gasteiger partial charge in [-0.05, 0) is 12.1 Å². The second-order valence-electron chi connectivity index (χ2n) is 3.10. The fraction of sp³-hybridized carbons (Fsp3) is 0.444. The van der Waals surface area contributed by atoms with Crippen molar-refractivity contribution in [2.75, 3.05) is 5.75 Å². The van der Waals surface area contributed by atoms with Crippen LogP contribution < -0.4 is 0 Å². The minimum absolute atomic E-state index is 0.0226. The molecule has 0 spiro atoms. The zero-order valence-corrected chi connectivity index (χ0v) is 10.3. The number of carbonyl (C=O) groups is 1. The highest BCUT2D eigenvalue weighted by Gasteiger charge is 2.14. The first-order valence-corrected chi connectivity index (χ1v) is 6.74. The third-order valence-corrected chi connectivity index (χ3v) is 4.52. The lowest BCUT2D eigenvalue weighted by molar-refractivity contribution is 0.102. The molecule has 0 fully saturated rings. The Hall–Kier alpha value is -0.190. The summed E-state index contributed by atoms with van der Waals surface area (Å²) < 4.78 is 12.0. The molecular formula is C9H11ClO2S2. The first-order valence-electron chi connectivity index (χ1n) is 4.16. The van der Waals surface area contributed by atoms with Gasteiger partial charge in [0.25, 0.3) is 0 Å². The van der Waals surface area contributed by atoms with Gasteiger partial charge in [-0.3, -0.25) is 9.00 Å².